The van der Waals surface area contributed by atoms with Gasteiger partial charge in [-0.05, 0) is 26.7 Å². The zero-order chi connectivity index (χ0) is 23.1. The molecule has 0 spiro atoms. The van der Waals surface area contributed by atoms with Crippen LogP contribution in [0, 0.1) is 0 Å². The third kappa shape index (κ3) is 7.07. The van der Waals surface area contributed by atoms with Gasteiger partial charge in [0.15, 0.2) is 0 Å². The molecule has 0 radical (unpaired) electrons. The Morgan fingerprint density at radius 3 is 2.56 bits per heavy atom. The lowest BCUT2D eigenvalue weighted by atomic mass is 10.1. The van der Waals surface area contributed by atoms with E-state index in [1.165, 1.54) is 5.56 Å². The van der Waals surface area contributed by atoms with E-state index in [0.717, 1.165) is 18.8 Å². The second-order valence-corrected chi connectivity index (χ2v) is 8.64. The summed E-state index contributed by atoms with van der Waals surface area (Å²) in [5.74, 6) is -0.215. The number of amides is 1. The summed E-state index contributed by atoms with van der Waals surface area (Å²) < 4.78 is 7.39. The fourth-order valence-electron chi connectivity index (χ4n) is 3.73. The summed E-state index contributed by atoms with van der Waals surface area (Å²) in [7, 11) is 5.86. The molecule has 2 heterocycles. The van der Waals surface area contributed by atoms with Crippen molar-refractivity contribution in [2.45, 2.75) is 50.5 Å². The monoisotopic (exact) mass is 446 g/mol. The molecule has 1 aromatic carbocycles. The molecule has 2 aromatic rings. The molecule has 0 saturated carbocycles. The zero-order valence-electron chi connectivity index (χ0n) is 19.0. The smallest absolute Gasteiger partial charge is 0.222 e. The van der Waals surface area contributed by atoms with E-state index in [2.05, 4.69) is 32.7 Å². The van der Waals surface area contributed by atoms with Crippen molar-refractivity contribution in [2.75, 3.05) is 34.2 Å². The zero-order valence-corrected chi connectivity index (χ0v) is 19.0. The van der Waals surface area contributed by atoms with Gasteiger partial charge >= 0.3 is 0 Å². The molecule has 176 valence electrons. The third-order valence-corrected chi connectivity index (χ3v) is 5.41. The summed E-state index contributed by atoms with van der Waals surface area (Å²) in [5, 5.41) is 31.8. The molecule has 1 fully saturated rings. The minimum Gasteiger partial charge on any atom is -0.388 e. The van der Waals surface area contributed by atoms with Gasteiger partial charge in [-0.3, -0.25) is 9.69 Å². The van der Waals surface area contributed by atoms with Gasteiger partial charge in [-0.1, -0.05) is 35.5 Å². The normalized spacial score (nSPS) is 23.2. The standard InChI is InChI=1S/C22H34N6O4/c1-26(2)10-9-23-20(29)11-18-21(30)22(31)19(32-18)15-28-14-17(24-25-28)13-27(3)12-16-7-5-4-6-8-16/h4-8,14,18-19,21-22,30-31H,9-13,15H2,1-3H3,(H,23,29)/t18-,19+,21-,22+/m0/s1. The largest absolute Gasteiger partial charge is 0.388 e. The van der Waals surface area contributed by atoms with Gasteiger partial charge in [0, 0.05) is 32.4 Å². The van der Waals surface area contributed by atoms with Crippen LogP contribution in [0.15, 0.2) is 36.5 Å². The molecule has 0 unspecified atom stereocenters. The number of carbonyl (C=O) groups is 1. The minimum atomic E-state index is -1.13. The van der Waals surface area contributed by atoms with E-state index < -0.39 is 24.4 Å². The molecule has 0 bridgehead atoms. The summed E-state index contributed by atoms with van der Waals surface area (Å²) in [4.78, 5) is 16.2. The molecule has 1 aliphatic rings. The van der Waals surface area contributed by atoms with Gasteiger partial charge in [0.2, 0.25) is 5.91 Å². The molecule has 1 aliphatic heterocycles. The van der Waals surface area contributed by atoms with Crippen molar-refractivity contribution in [1.29, 1.82) is 0 Å². The number of nitrogens with zero attached hydrogens (tertiary/aromatic N) is 5. The van der Waals surface area contributed by atoms with E-state index in [-0.39, 0.29) is 18.9 Å². The number of hydrogen-bond acceptors (Lipinski definition) is 8. The second-order valence-electron chi connectivity index (χ2n) is 8.64. The molecule has 10 nitrogen and oxygen atoms in total. The molecule has 0 aliphatic carbocycles. The van der Waals surface area contributed by atoms with Crippen LogP contribution < -0.4 is 5.32 Å². The van der Waals surface area contributed by atoms with Gasteiger partial charge in [-0.15, -0.1) is 5.10 Å². The van der Waals surface area contributed by atoms with Crippen LogP contribution in [-0.2, 0) is 29.2 Å². The minimum absolute atomic E-state index is 0.00492. The van der Waals surface area contributed by atoms with Crippen LogP contribution in [-0.4, -0.2) is 99.6 Å². The maximum Gasteiger partial charge on any atom is 0.222 e. The van der Waals surface area contributed by atoms with Crippen LogP contribution in [0.3, 0.4) is 0 Å². The van der Waals surface area contributed by atoms with E-state index in [4.69, 9.17) is 4.74 Å². The number of aromatic nitrogens is 3. The molecule has 1 amide bonds. The quantitative estimate of drug-likeness (QED) is 0.422. The number of rotatable bonds is 11. The number of aliphatic hydroxyl groups is 2. The fraction of sp³-hybridized carbons (Fsp3) is 0.591. The number of aliphatic hydroxyl groups excluding tert-OH is 2. The van der Waals surface area contributed by atoms with Crippen molar-refractivity contribution in [3.05, 3.63) is 47.8 Å². The van der Waals surface area contributed by atoms with Crippen LogP contribution in [0.2, 0.25) is 0 Å². The molecule has 32 heavy (non-hydrogen) atoms. The lowest BCUT2D eigenvalue weighted by molar-refractivity contribution is -0.125. The highest BCUT2D eigenvalue weighted by Crippen LogP contribution is 2.24. The molecule has 3 N–H and O–H groups in total. The first-order valence-corrected chi connectivity index (χ1v) is 10.9. The molecule has 3 rings (SSSR count). The average molecular weight is 447 g/mol. The van der Waals surface area contributed by atoms with E-state index in [1.54, 1.807) is 4.68 Å². The van der Waals surface area contributed by atoms with Crippen molar-refractivity contribution in [1.82, 2.24) is 30.1 Å². The van der Waals surface area contributed by atoms with Crippen LogP contribution >= 0.6 is 0 Å². The van der Waals surface area contributed by atoms with Crippen LogP contribution in [0.4, 0.5) is 0 Å². The Hall–Kier alpha value is -2.37. The number of likely N-dealkylation sites (N-methyl/N-ethyl adjacent to an activating group) is 1. The first-order valence-electron chi connectivity index (χ1n) is 10.9. The highest BCUT2D eigenvalue weighted by atomic mass is 16.5. The molecule has 1 aromatic heterocycles. The van der Waals surface area contributed by atoms with Gasteiger partial charge < -0.3 is 25.2 Å². The predicted octanol–water partition coefficient (Wildman–Crippen LogP) is -0.533. The molecular weight excluding hydrogens is 412 g/mol. The Kier molecular flexibility index (Phi) is 8.71. The van der Waals surface area contributed by atoms with Crippen LogP contribution in [0.1, 0.15) is 17.7 Å². The van der Waals surface area contributed by atoms with Gasteiger partial charge in [-0.2, -0.15) is 0 Å². The van der Waals surface area contributed by atoms with Crippen molar-refractivity contribution in [2.24, 2.45) is 0 Å². The Balaban J connectivity index is 1.47. The number of ether oxygens (including phenoxy) is 1. The Bertz CT molecular complexity index is 846. The number of benzene rings is 1. The Morgan fingerprint density at radius 2 is 1.84 bits per heavy atom. The first-order chi connectivity index (χ1) is 15.3. The van der Waals surface area contributed by atoms with E-state index in [9.17, 15) is 15.0 Å². The van der Waals surface area contributed by atoms with Gasteiger partial charge in [0.25, 0.3) is 0 Å². The third-order valence-electron chi connectivity index (χ3n) is 5.41. The van der Waals surface area contributed by atoms with Crippen molar-refractivity contribution >= 4 is 5.91 Å². The summed E-state index contributed by atoms with van der Waals surface area (Å²) >= 11 is 0. The molecule has 10 heteroatoms. The first kappa shape index (κ1) is 24.3. The molecule has 4 atom stereocenters. The van der Waals surface area contributed by atoms with Gasteiger partial charge in [0.05, 0.1) is 24.8 Å². The van der Waals surface area contributed by atoms with Crippen molar-refractivity contribution < 1.29 is 19.7 Å². The number of carbonyl (C=O) groups excluding carboxylic acids is 1. The number of nitrogens with one attached hydrogen (secondary N) is 1. The maximum atomic E-state index is 12.1. The van der Waals surface area contributed by atoms with Gasteiger partial charge in [0.1, 0.15) is 18.3 Å². The highest BCUT2D eigenvalue weighted by molar-refractivity contribution is 5.76. The fourth-order valence-corrected chi connectivity index (χ4v) is 3.73. The van der Waals surface area contributed by atoms with E-state index in [0.29, 0.717) is 13.1 Å². The summed E-state index contributed by atoms with van der Waals surface area (Å²) in [5.41, 5.74) is 2.02. The molecular formula is C22H34N6O4. The van der Waals surface area contributed by atoms with Gasteiger partial charge in [-0.25, -0.2) is 4.68 Å². The van der Waals surface area contributed by atoms with Crippen molar-refractivity contribution in [3.63, 3.8) is 0 Å². The second kappa shape index (κ2) is 11.5. The summed E-state index contributed by atoms with van der Waals surface area (Å²) in [6.07, 6.45) is -1.83. The SMILES string of the molecule is CN(C)CCNC(=O)C[C@@H]1O[C@H](Cn2cc(CN(C)Cc3ccccc3)nn2)[C@@H](O)[C@H]1O. The Morgan fingerprint density at radius 1 is 1.12 bits per heavy atom. The molecule has 1 saturated heterocycles. The van der Waals surface area contributed by atoms with Crippen LogP contribution in [0.5, 0.6) is 0 Å². The van der Waals surface area contributed by atoms with Crippen LogP contribution in [0.25, 0.3) is 0 Å². The average Bonchev–Trinajstić information content (AvgIpc) is 3.28. The van der Waals surface area contributed by atoms with E-state index >= 15 is 0 Å². The van der Waals surface area contributed by atoms with E-state index in [1.807, 2.05) is 50.4 Å². The topological polar surface area (TPSA) is 116 Å². The summed E-state index contributed by atoms with van der Waals surface area (Å²) in [6.45, 7) is 2.90. The maximum absolute atomic E-state index is 12.1. The lowest BCUT2D eigenvalue weighted by Crippen LogP contribution is -2.37. The lowest BCUT2D eigenvalue weighted by Gasteiger charge is -2.15. The predicted molar refractivity (Wildman–Crippen MR) is 118 cm³/mol. The summed E-state index contributed by atoms with van der Waals surface area (Å²) in [6, 6.07) is 10.2. The Labute approximate surface area is 188 Å². The van der Waals surface area contributed by atoms with Crippen molar-refractivity contribution in [3.8, 4) is 0 Å². The highest BCUT2D eigenvalue weighted by Gasteiger charge is 2.43. The number of hydrogen-bond donors (Lipinski definition) is 3.